The number of nitrogens with zero attached hydrogens (tertiary/aromatic N) is 1. The summed E-state index contributed by atoms with van der Waals surface area (Å²) in [6, 6.07) is 4.03. The number of aromatic amines is 1. The monoisotopic (exact) mass is 425 g/mol. The van der Waals surface area contributed by atoms with Gasteiger partial charge in [0.15, 0.2) is 6.20 Å². The molecule has 164 valence electrons. The molecule has 0 unspecified atom stereocenters. The van der Waals surface area contributed by atoms with Crippen LogP contribution < -0.4 is 20.8 Å². The summed E-state index contributed by atoms with van der Waals surface area (Å²) in [4.78, 5) is 24.5. The van der Waals surface area contributed by atoms with E-state index in [-0.39, 0.29) is 5.43 Å². The molecule has 0 aliphatic carbocycles. The van der Waals surface area contributed by atoms with E-state index in [9.17, 15) is 18.0 Å². The van der Waals surface area contributed by atoms with Gasteiger partial charge >= 0.3 is 6.18 Å². The molecule has 0 saturated heterocycles. The Hall–Kier alpha value is -2.84. The van der Waals surface area contributed by atoms with Crippen LogP contribution in [0.25, 0.3) is 21.8 Å². The Morgan fingerprint density at radius 1 is 1.20 bits per heavy atom. The van der Waals surface area contributed by atoms with E-state index in [4.69, 9.17) is 9.90 Å². The summed E-state index contributed by atoms with van der Waals surface area (Å²) in [5.41, 5.74) is 2.57. The second kappa shape index (κ2) is 10.3. The Morgan fingerprint density at radius 3 is 2.47 bits per heavy atom. The summed E-state index contributed by atoms with van der Waals surface area (Å²) < 4.78 is 33.6. The predicted octanol–water partition coefficient (Wildman–Crippen LogP) is 3.01. The van der Waals surface area contributed by atoms with Gasteiger partial charge in [0.1, 0.15) is 5.97 Å². The third-order valence-corrected chi connectivity index (χ3v) is 4.85. The first-order chi connectivity index (χ1) is 14.2. The summed E-state index contributed by atoms with van der Waals surface area (Å²) in [6.45, 7) is 3.09. The number of alkyl halides is 3. The number of halogens is 3. The Labute approximate surface area is 172 Å². The molecule has 2 heterocycles. The minimum Gasteiger partial charge on any atom is -0.542 e. The molecule has 0 radical (unpaired) electrons. The number of benzene rings is 1. The molecule has 2 aromatic heterocycles. The maximum atomic E-state index is 12.6. The van der Waals surface area contributed by atoms with Crippen molar-refractivity contribution in [2.75, 3.05) is 11.9 Å². The van der Waals surface area contributed by atoms with E-state index in [1.165, 1.54) is 32.1 Å². The molecule has 2 N–H and O–H groups in total. The third-order valence-electron chi connectivity index (χ3n) is 4.85. The summed E-state index contributed by atoms with van der Waals surface area (Å²) in [5, 5.41) is 14.2. The fraction of sp³-hybridized carbons (Fsp3) is 0.476. The van der Waals surface area contributed by atoms with Crippen molar-refractivity contribution < 1.29 is 28.1 Å². The average molecular weight is 425 g/mol. The van der Waals surface area contributed by atoms with Crippen LogP contribution in [0.3, 0.4) is 0 Å². The van der Waals surface area contributed by atoms with Gasteiger partial charge in [0.25, 0.3) is 10.9 Å². The summed E-state index contributed by atoms with van der Waals surface area (Å²) in [6.07, 6.45) is 6.31. The van der Waals surface area contributed by atoms with Crippen LogP contribution in [0.15, 0.2) is 29.3 Å². The van der Waals surface area contributed by atoms with Gasteiger partial charge in [-0.05, 0) is 18.6 Å². The van der Waals surface area contributed by atoms with Crippen molar-refractivity contribution in [3.8, 4) is 0 Å². The first kappa shape index (κ1) is 23.4. The number of nitrogens with one attached hydrogen (secondary N) is 2. The molecule has 0 aliphatic heterocycles. The minimum absolute atomic E-state index is 0.0738. The molecule has 0 spiro atoms. The number of carboxylic acids is 1. The number of hydrogen-bond acceptors (Lipinski definition) is 4. The fourth-order valence-corrected chi connectivity index (χ4v) is 3.24. The van der Waals surface area contributed by atoms with Gasteiger partial charge in [0.05, 0.1) is 22.0 Å². The zero-order valence-corrected chi connectivity index (χ0v) is 17.1. The molecule has 0 saturated carbocycles. The molecule has 0 bridgehead atoms. The Bertz CT molecular complexity index is 1030. The molecule has 1 aromatic carbocycles. The van der Waals surface area contributed by atoms with Crippen molar-refractivity contribution in [2.24, 2.45) is 7.05 Å². The molecule has 6 nitrogen and oxygen atoms in total. The Kier molecular flexibility index (Phi) is 8.02. The molecular formula is C21H26F3N3O3. The molecule has 0 fully saturated rings. The van der Waals surface area contributed by atoms with Gasteiger partial charge in [-0.1, -0.05) is 39.0 Å². The lowest BCUT2D eigenvalue weighted by molar-refractivity contribution is -0.344. The average Bonchev–Trinajstić information content (AvgIpc) is 3.11. The SMILES string of the molecule is CCCCCCCCNc1cc2c3c(ccn2C)c[nH+]c3c1=O.O=C([O-])C(F)(F)F. The van der Waals surface area contributed by atoms with Crippen molar-refractivity contribution in [3.63, 3.8) is 0 Å². The minimum atomic E-state index is -5.19. The largest absolute Gasteiger partial charge is 0.542 e. The fourth-order valence-electron chi connectivity index (χ4n) is 3.24. The number of carboxylic acid groups (broad SMARTS) is 1. The molecular weight excluding hydrogens is 399 g/mol. The second-order valence-corrected chi connectivity index (χ2v) is 7.17. The number of pyridine rings is 1. The van der Waals surface area contributed by atoms with E-state index >= 15 is 0 Å². The number of carbonyl (C=O) groups is 1. The number of aromatic nitrogens is 2. The normalized spacial score (nSPS) is 11.5. The molecule has 0 atom stereocenters. The van der Waals surface area contributed by atoms with Crippen molar-refractivity contribution >= 4 is 33.5 Å². The number of carbonyl (C=O) groups excluding carboxylic acids is 1. The lowest BCUT2D eigenvalue weighted by atomic mass is 10.1. The van der Waals surface area contributed by atoms with Crippen molar-refractivity contribution in [2.45, 2.75) is 51.6 Å². The smallest absolute Gasteiger partial charge is 0.430 e. The van der Waals surface area contributed by atoms with E-state index in [1.807, 2.05) is 31.6 Å². The molecule has 3 rings (SSSR count). The van der Waals surface area contributed by atoms with Gasteiger partial charge in [0.2, 0.25) is 0 Å². The number of aryl methyl sites for hydroxylation is 1. The van der Waals surface area contributed by atoms with E-state index in [0.29, 0.717) is 11.2 Å². The van der Waals surface area contributed by atoms with E-state index in [0.717, 1.165) is 29.3 Å². The molecule has 0 amide bonds. The van der Waals surface area contributed by atoms with Crippen LogP contribution in [0.5, 0.6) is 0 Å². The number of H-pyrrole nitrogens is 1. The van der Waals surface area contributed by atoms with Crippen LogP contribution in [0.2, 0.25) is 0 Å². The Morgan fingerprint density at radius 2 is 1.83 bits per heavy atom. The maximum Gasteiger partial charge on any atom is 0.430 e. The standard InChI is InChI=1S/C19H25N3O.C2HF3O2/c1-3-4-5-6-7-8-10-20-15-12-16-17-14(9-11-22(16)2)13-21-18(17)19(15)23;3-2(4,5)1(6)7/h9,11-13,20H,3-8,10H2,1-2H3;(H,6,7). The summed E-state index contributed by atoms with van der Waals surface area (Å²) in [7, 11) is 2.02. The predicted molar refractivity (Wildman–Crippen MR) is 107 cm³/mol. The van der Waals surface area contributed by atoms with Gasteiger partial charge in [-0.15, -0.1) is 0 Å². The van der Waals surface area contributed by atoms with Crippen LogP contribution in [0.1, 0.15) is 45.4 Å². The topological polar surface area (TPSA) is 88.3 Å². The highest BCUT2D eigenvalue weighted by molar-refractivity contribution is 6.07. The maximum absolute atomic E-state index is 12.6. The van der Waals surface area contributed by atoms with E-state index in [1.54, 1.807) is 0 Å². The van der Waals surface area contributed by atoms with Crippen molar-refractivity contribution in [3.05, 3.63) is 34.7 Å². The quantitative estimate of drug-likeness (QED) is 0.562. The van der Waals surface area contributed by atoms with Crippen molar-refractivity contribution in [1.29, 1.82) is 0 Å². The lowest BCUT2D eigenvalue weighted by Crippen LogP contribution is -2.37. The molecule has 9 heteroatoms. The third kappa shape index (κ3) is 5.84. The molecule has 0 aliphatic rings. The van der Waals surface area contributed by atoms with Gasteiger partial charge in [0, 0.05) is 19.8 Å². The lowest BCUT2D eigenvalue weighted by Gasteiger charge is -2.08. The summed E-state index contributed by atoms with van der Waals surface area (Å²) in [5.74, 6) is -3.01. The highest BCUT2D eigenvalue weighted by Crippen LogP contribution is 2.24. The van der Waals surface area contributed by atoms with Gasteiger partial charge in [-0.25, -0.2) is 4.98 Å². The van der Waals surface area contributed by atoms with Crippen LogP contribution in [0, 0.1) is 0 Å². The summed E-state index contributed by atoms with van der Waals surface area (Å²) >= 11 is 0. The first-order valence-corrected chi connectivity index (χ1v) is 9.95. The molecule has 30 heavy (non-hydrogen) atoms. The van der Waals surface area contributed by atoms with Gasteiger partial charge in [-0.2, -0.15) is 13.2 Å². The molecule has 3 aromatic rings. The van der Waals surface area contributed by atoms with Crippen LogP contribution >= 0.6 is 0 Å². The van der Waals surface area contributed by atoms with Crippen LogP contribution in [-0.2, 0) is 11.8 Å². The Balaban J connectivity index is 0.000000396. The first-order valence-electron chi connectivity index (χ1n) is 9.95. The van der Waals surface area contributed by atoms with Crippen molar-refractivity contribution in [1.82, 2.24) is 4.57 Å². The van der Waals surface area contributed by atoms with Crippen LogP contribution in [0.4, 0.5) is 18.9 Å². The number of aliphatic carboxylic acids is 1. The van der Waals surface area contributed by atoms with E-state index in [2.05, 4.69) is 21.8 Å². The highest BCUT2D eigenvalue weighted by atomic mass is 19.4. The number of unbranched alkanes of at least 4 members (excludes halogenated alkanes) is 5. The second-order valence-electron chi connectivity index (χ2n) is 7.17. The zero-order valence-electron chi connectivity index (χ0n) is 17.1. The van der Waals surface area contributed by atoms with Crippen LogP contribution in [-0.4, -0.2) is 23.3 Å². The van der Waals surface area contributed by atoms with Gasteiger partial charge in [-0.3, -0.25) is 4.79 Å². The number of anilines is 1. The number of hydrogen-bond donors (Lipinski definition) is 1. The number of rotatable bonds is 8. The van der Waals surface area contributed by atoms with Gasteiger partial charge < -0.3 is 19.8 Å². The highest BCUT2D eigenvalue weighted by Gasteiger charge is 2.28. The van der Waals surface area contributed by atoms with E-state index < -0.39 is 12.1 Å². The zero-order chi connectivity index (χ0) is 22.3.